The Bertz CT molecular complexity index is 372. The van der Waals surface area contributed by atoms with Gasteiger partial charge in [-0.25, -0.2) is 8.78 Å². The van der Waals surface area contributed by atoms with E-state index >= 15 is 0 Å². The lowest BCUT2D eigenvalue weighted by Gasteiger charge is -2.26. The molecule has 1 aromatic rings. The van der Waals surface area contributed by atoms with E-state index in [1.165, 1.54) is 0 Å². The van der Waals surface area contributed by atoms with Gasteiger partial charge in [0.25, 0.3) is 0 Å². The second kappa shape index (κ2) is 5.93. The van der Waals surface area contributed by atoms with Crippen LogP contribution in [0.15, 0.2) is 18.2 Å². The average molecular weight is 245 g/mol. The van der Waals surface area contributed by atoms with Crippen molar-refractivity contribution in [2.75, 3.05) is 6.61 Å². The Labute approximate surface area is 99.2 Å². The van der Waals surface area contributed by atoms with Crippen LogP contribution >= 0.6 is 0 Å². The lowest BCUT2D eigenvalue weighted by Crippen LogP contribution is -2.45. The van der Waals surface area contributed by atoms with Crippen LogP contribution < -0.4 is 10.5 Å². The van der Waals surface area contributed by atoms with Crippen LogP contribution in [0.4, 0.5) is 8.78 Å². The van der Waals surface area contributed by atoms with Gasteiger partial charge in [-0.3, -0.25) is 0 Å². The van der Waals surface area contributed by atoms with Gasteiger partial charge in [0.15, 0.2) is 11.6 Å². The number of hydrogen-bond donors (Lipinski definition) is 2. The smallest absolute Gasteiger partial charge is 0.165 e. The number of aliphatic hydroxyl groups is 1. The highest BCUT2D eigenvalue weighted by Gasteiger charge is 2.23. The fourth-order valence-corrected chi connectivity index (χ4v) is 1.40. The Morgan fingerprint density at radius 2 is 2.00 bits per heavy atom. The molecule has 0 saturated heterocycles. The monoisotopic (exact) mass is 245 g/mol. The number of ether oxygens (including phenoxy) is 1. The second-order valence-corrected chi connectivity index (χ2v) is 4.23. The first-order chi connectivity index (χ1) is 7.95. The first-order valence-electron chi connectivity index (χ1n) is 5.44. The maximum absolute atomic E-state index is 13.3. The molecule has 0 spiro atoms. The molecule has 0 saturated carbocycles. The standard InChI is InChI=1S/C12H17F2NO2/c1-7(2)12(15)11(6-16)17-10-5-8(13)3-4-9(10)14/h3-5,7,11-12,16H,6,15H2,1-2H3. The molecule has 0 bridgehead atoms. The van der Waals surface area contributed by atoms with Crippen LogP contribution in [-0.2, 0) is 0 Å². The molecule has 2 unspecified atom stereocenters. The molecule has 0 aliphatic rings. The van der Waals surface area contributed by atoms with Crippen molar-refractivity contribution in [1.82, 2.24) is 0 Å². The number of aliphatic hydroxyl groups excluding tert-OH is 1. The zero-order valence-electron chi connectivity index (χ0n) is 9.86. The Morgan fingerprint density at radius 3 is 2.53 bits per heavy atom. The highest BCUT2D eigenvalue weighted by Crippen LogP contribution is 2.21. The summed E-state index contributed by atoms with van der Waals surface area (Å²) >= 11 is 0. The molecule has 2 atom stereocenters. The molecule has 0 aromatic heterocycles. The van der Waals surface area contributed by atoms with Gasteiger partial charge in [0.05, 0.1) is 6.61 Å². The molecular weight excluding hydrogens is 228 g/mol. The number of rotatable bonds is 5. The maximum atomic E-state index is 13.3. The molecule has 0 heterocycles. The van der Waals surface area contributed by atoms with Gasteiger partial charge in [0.1, 0.15) is 11.9 Å². The van der Waals surface area contributed by atoms with E-state index in [-0.39, 0.29) is 18.3 Å². The van der Waals surface area contributed by atoms with Crippen molar-refractivity contribution in [2.45, 2.75) is 26.0 Å². The van der Waals surface area contributed by atoms with Crippen LogP contribution in [0.3, 0.4) is 0 Å². The van der Waals surface area contributed by atoms with Crippen molar-refractivity contribution in [2.24, 2.45) is 11.7 Å². The number of nitrogens with two attached hydrogens (primary N) is 1. The van der Waals surface area contributed by atoms with E-state index in [0.29, 0.717) is 0 Å². The first-order valence-corrected chi connectivity index (χ1v) is 5.44. The zero-order valence-corrected chi connectivity index (χ0v) is 9.86. The van der Waals surface area contributed by atoms with Crippen LogP contribution in [0.5, 0.6) is 5.75 Å². The predicted molar refractivity (Wildman–Crippen MR) is 60.7 cm³/mol. The third kappa shape index (κ3) is 3.64. The summed E-state index contributed by atoms with van der Waals surface area (Å²) in [5.74, 6) is -1.46. The van der Waals surface area contributed by atoms with Gasteiger partial charge in [-0.15, -0.1) is 0 Å². The lowest BCUT2D eigenvalue weighted by atomic mass is 10.00. The number of halogens is 2. The number of benzene rings is 1. The molecule has 3 nitrogen and oxygen atoms in total. The van der Waals surface area contributed by atoms with E-state index in [0.717, 1.165) is 18.2 Å². The first kappa shape index (κ1) is 13.9. The van der Waals surface area contributed by atoms with Crippen LogP contribution in [0.25, 0.3) is 0 Å². The summed E-state index contributed by atoms with van der Waals surface area (Å²) < 4.78 is 31.4. The van der Waals surface area contributed by atoms with Crippen molar-refractivity contribution < 1.29 is 18.6 Å². The van der Waals surface area contributed by atoms with Crippen molar-refractivity contribution in [1.29, 1.82) is 0 Å². The van der Waals surface area contributed by atoms with Crippen molar-refractivity contribution in [3.63, 3.8) is 0 Å². The Morgan fingerprint density at radius 1 is 1.35 bits per heavy atom. The molecule has 0 radical (unpaired) electrons. The predicted octanol–water partition coefficient (Wildman–Crippen LogP) is 1.69. The van der Waals surface area contributed by atoms with Gasteiger partial charge >= 0.3 is 0 Å². The summed E-state index contributed by atoms with van der Waals surface area (Å²) in [6.07, 6.45) is -0.758. The minimum absolute atomic E-state index is 0.0590. The third-order valence-corrected chi connectivity index (χ3v) is 2.55. The Kier molecular flexibility index (Phi) is 4.84. The normalized spacial score (nSPS) is 14.8. The fraction of sp³-hybridized carbons (Fsp3) is 0.500. The molecule has 5 heteroatoms. The van der Waals surface area contributed by atoms with Crippen LogP contribution in [0.1, 0.15) is 13.8 Å². The minimum atomic E-state index is -0.758. The van der Waals surface area contributed by atoms with E-state index in [4.69, 9.17) is 15.6 Å². The van der Waals surface area contributed by atoms with Gasteiger partial charge in [0.2, 0.25) is 0 Å². The van der Waals surface area contributed by atoms with E-state index in [9.17, 15) is 8.78 Å². The van der Waals surface area contributed by atoms with E-state index < -0.39 is 23.8 Å². The lowest BCUT2D eigenvalue weighted by molar-refractivity contribution is 0.0774. The maximum Gasteiger partial charge on any atom is 0.165 e. The molecule has 1 aromatic carbocycles. The number of hydrogen-bond acceptors (Lipinski definition) is 3. The van der Waals surface area contributed by atoms with Crippen molar-refractivity contribution in [3.8, 4) is 5.75 Å². The zero-order chi connectivity index (χ0) is 13.0. The molecule has 0 amide bonds. The summed E-state index contributed by atoms with van der Waals surface area (Å²) in [5, 5.41) is 9.15. The summed E-state index contributed by atoms with van der Waals surface area (Å²) in [6, 6.07) is 2.45. The summed E-state index contributed by atoms with van der Waals surface area (Å²) in [6.45, 7) is 3.37. The molecule has 3 N–H and O–H groups in total. The van der Waals surface area contributed by atoms with Gasteiger partial charge in [-0.1, -0.05) is 13.8 Å². The Hall–Kier alpha value is -1.20. The largest absolute Gasteiger partial charge is 0.483 e. The molecular formula is C12H17F2NO2. The third-order valence-electron chi connectivity index (χ3n) is 2.55. The molecule has 17 heavy (non-hydrogen) atoms. The van der Waals surface area contributed by atoms with Crippen molar-refractivity contribution in [3.05, 3.63) is 29.8 Å². The molecule has 0 aliphatic heterocycles. The second-order valence-electron chi connectivity index (χ2n) is 4.23. The van der Waals surface area contributed by atoms with Gasteiger partial charge in [-0.2, -0.15) is 0 Å². The summed E-state index contributed by atoms with van der Waals surface area (Å²) in [7, 11) is 0. The van der Waals surface area contributed by atoms with Gasteiger partial charge in [-0.05, 0) is 18.1 Å². The van der Waals surface area contributed by atoms with Crippen LogP contribution in [0, 0.1) is 17.6 Å². The Balaban J connectivity index is 2.83. The van der Waals surface area contributed by atoms with Crippen LogP contribution in [0.2, 0.25) is 0 Å². The van der Waals surface area contributed by atoms with E-state index in [1.807, 2.05) is 13.8 Å². The molecule has 0 aliphatic carbocycles. The summed E-state index contributed by atoms with van der Waals surface area (Å²) in [4.78, 5) is 0. The topological polar surface area (TPSA) is 55.5 Å². The highest BCUT2D eigenvalue weighted by atomic mass is 19.1. The molecule has 0 fully saturated rings. The summed E-state index contributed by atoms with van der Waals surface area (Å²) in [5.41, 5.74) is 5.81. The van der Waals surface area contributed by atoms with Crippen molar-refractivity contribution >= 4 is 0 Å². The fourth-order valence-electron chi connectivity index (χ4n) is 1.40. The quantitative estimate of drug-likeness (QED) is 0.830. The highest BCUT2D eigenvalue weighted by molar-refractivity contribution is 5.25. The van der Waals surface area contributed by atoms with Gasteiger partial charge < -0.3 is 15.6 Å². The van der Waals surface area contributed by atoms with Crippen LogP contribution in [-0.4, -0.2) is 23.9 Å². The van der Waals surface area contributed by atoms with E-state index in [2.05, 4.69) is 0 Å². The minimum Gasteiger partial charge on any atom is -0.483 e. The van der Waals surface area contributed by atoms with E-state index in [1.54, 1.807) is 0 Å². The average Bonchev–Trinajstić information content (AvgIpc) is 2.29. The molecule has 96 valence electrons. The SMILES string of the molecule is CC(C)C(N)C(CO)Oc1cc(F)ccc1F. The van der Waals surface area contributed by atoms with Gasteiger partial charge in [0, 0.05) is 12.1 Å². The molecule has 1 rings (SSSR count).